The lowest BCUT2D eigenvalue weighted by atomic mass is 9.93. The van der Waals surface area contributed by atoms with Crippen LogP contribution in [0.5, 0.6) is 0 Å². The lowest BCUT2D eigenvalue weighted by molar-refractivity contribution is 0.180. The summed E-state index contributed by atoms with van der Waals surface area (Å²) in [7, 11) is -4.68. The van der Waals surface area contributed by atoms with E-state index in [9.17, 15) is 14.4 Å². The summed E-state index contributed by atoms with van der Waals surface area (Å²) in [6, 6.07) is 25.3. The fourth-order valence-corrected chi connectivity index (χ4v) is 3.38. The van der Waals surface area contributed by atoms with Gasteiger partial charge in [0.15, 0.2) is 0 Å². The third-order valence-electron chi connectivity index (χ3n) is 3.95. The molecule has 6 heteroatoms. The number of benzene rings is 3. The monoisotopic (exact) mass is 369 g/mol. The van der Waals surface area contributed by atoms with Gasteiger partial charge in [0.1, 0.15) is 0 Å². The molecule has 0 aliphatic rings. The van der Waals surface area contributed by atoms with Crippen LogP contribution in [0.1, 0.15) is 6.92 Å². The third kappa shape index (κ3) is 4.21. The molecular weight excluding hydrogens is 349 g/mol. The summed E-state index contributed by atoms with van der Waals surface area (Å²) in [5.41, 5.74) is 4.37. The molecule has 0 aliphatic heterocycles. The zero-order chi connectivity index (χ0) is 18.6. The van der Waals surface area contributed by atoms with E-state index in [1.807, 2.05) is 72.8 Å². The molecular formula is C20H20NO4P. The first kappa shape index (κ1) is 18.4. The zero-order valence-corrected chi connectivity index (χ0v) is 15.2. The number of nitrogens with zero attached hydrogens (tertiary/aromatic N) is 1. The lowest BCUT2D eigenvalue weighted by Gasteiger charge is -2.26. The van der Waals surface area contributed by atoms with Crippen LogP contribution in [0.15, 0.2) is 78.9 Å². The first-order chi connectivity index (χ1) is 12.5. The molecule has 134 valence electrons. The maximum atomic E-state index is 11.4. The minimum Gasteiger partial charge on any atom is -0.301 e. The molecule has 0 saturated heterocycles. The van der Waals surface area contributed by atoms with Crippen LogP contribution < -0.4 is 5.06 Å². The van der Waals surface area contributed by atoms with Crippen molar-refractivity contribution < 1.29 is 19.0 Å². The Balaban J connectivity index is 2.23. The van der Waals surface area contributed by atoms with Crippen molar-refractivity contribution in [2.45, 2.75) is 6.92 Å². The Bertz CT molecular complexity index is 910. The van der Waals surface area contributed by atoms with E-state index in [1.165, 1.54) is 5.06 Å². The fraction of sp³-hybridized carbons (Fsp3) is 0.100. The van der Waals surface area contributed by atoms with Gasteiger partial charge in [-0.3, -0.25) is 0 Å². The predicted molar refractivity (Wildman–Crippen MR) is 103 cm³/mol. The maximum Gasteiger partial charge on any atom is 0.491 e. The molecule has 0 aliphatic carbocycles. The number of hydrogen-bond donors (Lipinski definition) is 2. The van der Waals surface area contributed by atoms with Crippen molar-refractivity contribution in [1.29, 1.82) is 0 Å². The normalized spacial score (nSPS) is 11.3. The first-order valence-corrected chi connectivity index (χ1v) is 9.79. The van der Waals surface area contributed by atoms with Crippen molar-refractivity contribution in [3.8, 4) is 22.3 Å². The Hall–Kier alpha value is -2.43. The highest BCUT2D eigenvalue weighted by atomic mass is 31.2. The molecule has 0 radical (unpaired) electrons. The minimum absolute atomic E-state index is 0.281. The second kappa shape index (κ2) is 7.85. The van der Waals surface area contributed by atoms with Gasteiger partial charge in [-0.15, -0.1) is 0 Å². The zero-order valence-electron chi connectivity index (χ0n) is 14.3. The maximum absolute atomic E-state index is 11.4. The Morgan fingerprint density at radius 2 is 1.42 bits per heavy atom. The van der Waals surface area contributed by atoms with Crippen molar-refractivity contribution in [2.75, 3.05) is 11.6 Å². The number of hydrogen-bond acceptors (Lipinski definition) is 3. The highest BCUT2D eigenvalue weighted by Crippen LogP contribution is 2.44. The van der Waals surface area contributed by atoms with Crippen molar-refractivity contribution in [1.82, 2.24) is 0 Å². The van der Waals surface area contributed by atoms with Gasteiger partial charge in [0.25, 0.3) is 0 Å². The molecule has 0 spiro atoms. The van der Waals surface area contributed by atoms with E-state index >= 15 is 0 Å². The molecule has 0 heterocycles. The summed E-state index contributed by atoms with van der Waals surface area (Å²) < 4.78 is 16.3. The van der Waals surface area contributed by atoms with Crippen LogP contribution in [0.4, 0.5) is 5.69 Å². The Labute approximate surface area is 152 Å². The lowest BCUT2D eigenvalue weighted by Crippen LogP contribution is -2.22. The van der Waals surface area contributed by atoms with Gasteiger partial charge < -0.3 is 9.79 Å². The molecule has 0 bridgehead atoms. The molecule has 0 amide bonds. The van der Waals surface area contributed by atoms with E-state index in [4.69, 9.17) is 4.62 Å². The minimum atomic E-state index is -4.68. The summed E-state index contributed by atoms with van der Waals surface area (Å²) in [6.45, 7) is 2.06. The third-order valence-corrected chi connectivity index (χ3v) is 4.36. The quantitative estimate of drug-likeness (QED) is 0.479. The topological polar surface area (TPSA) is 70.0 Å². The standard InChI is InChI=1S/C20H20NO4P/c1-2-21(25-26(22,23)24)19-15-9-14-18(16-10-5-3-6-11-16)20(19)17-12-7-4-8-13-17/h3-15H,2H2,1H3,(H2,22,23,24). The van der Waals surface area contributed by atoms with Gasteiger partial charge in [-0.1, -0.05) is 72.8 Å². The van der Waals surface area contributed by atoms with Crippen molar-refractivity contribution >= 4 is 13.5 Å². The molecule has 0 unspecified atom stereocenters. The summed E-state index contributed by atoms with van der Waals surface area (Å²) in [5.74, 6) is 0. The predicted octanol–water partition coefficient (Wildman–Crippen LogP) is 4.87. The Morgan fingerprint density at radius 3 is 1.96 bits per heavy atom. The molecule has 0 saturated carbocycles. The largest absolute Gasteiger partial charge is 0.491 e. The average Bonchev–Trinajstić information content (AvgIpc) is 2.66. The van der Waals surface area contributed by atoms with E-state index in [1.54, 1.807) is 13.0 Å². The van der Waals surface area contributed by atoms with Crippen LogP contribution in [0.2, 0.25) is 0 Å². The average molecular weight is 369 g/mol. The molecule has 0 fully saturated rings. The summed E-state index contributed by atoms with van der Waals surface area (Å²) >= 11 is 0. The highest BCUT2D eigenvalue weighted by molar-refractivity contribution is 7.46. The van der Waals surface area contributed by atoms with E-state index in [2.05, 4.69) is 0 Å². The number of hydroxylamine groups is 1. The van der Waals surface area contributed by atoms with Crippen LogP contribution >= 0.6 is 7.82 Å². The van der Waals surface area contributed by atoms with Gasteiger partial charge in [-0.25, -0.2) is 9.63 Å². The van der Waals surface area contributed by atoms with E-state index < -0.39 is 7.82 Å². The Morgan fingerprint density at radius 1 is 0.846 bits per heavy atom. The van der Waals surface area contributed by atoms with E-state index in [0.717, 1.165) is 22.3 Å². The molecule has 2 N–H and O–H groups in total. The van der Waals surface area contributed by atoms with Gasteiger partial charge >= 0.3 is 7.82 Å². The molecule has 3 aromatic carbocycles. The number of rotatable bonds is 6. The van der Waals surface area contributed by atoms with Crippen LogP contribution in [0.25, 0.3) is 22.3 Å². The second-order valence-corrected chi connectivity index (χ2v) is 6.84. The van der Waals surface area contributed by atoms with Crippen LogP contribution in [-0.4, -0.2) is 16.3 Å². The summed E-state index contributed by atoms with van der Waals surface area (Å²) in [5, 5.41) is 1.25. The van der Waals surface area contributed by atoms with Crippen molar-refractivity contribution in [2.24, 2.45) is 0 Å². The van der Waals surface area contributed by atoms with Crippen molar-refractivity contribution in [3.63, 3.8) is 0 Å². The van der Waals surface area contributed by atoms with Gasteiger partial charge in [-0.05, 0) is 29.7 Å². The van der Waals surface area contributed by atoms with Crippen LogP contribution in [0.3, 0.4) is 0 Å². The summed E-state index contributed by atoms with van der Waals surface area (Å²) in [6.07, 6.45) is 0. The molecule has 26 heavy (non-hydrogen) atoms. The molecule has 0 atom stereocenters. The first-order valence-electron chi connectivity index (χ1n) is 8.26. The van der Waals surface area contributed by atoms with Crippen LogP contribution in [-0.2, 0) is 9.19 Å². The van der Waals surface area contributed by atoms with Gasteiger partial charge in [0, 0.05) is 12.1 Å². The molecule has 5 nitrogen and oxygen atoms in total. The Kier molecular flexibility index (Phi) is 5.55. The number of anilines is 1. The molecule has 3 rings (SSSR count). The van der Waals surface area contributed by atoms with Gasteiger partial charge in [0.05, 0.1) is 5.69 Å². The highest BCUT2D eigenvalue weighted by Gasteiger charge is 2.24. The second-order valence-electron chi connectivity index (χ2n) is 5.70. The van der Waals surface area contributed by atoms with E-state index in [-0.39, 0.29) is 6.54 Å². The molecule has 3 aromatic rings. The fourth-order valence-electron chi connectivity index (χ4n) is 2.91. The summed E-state index contributed by atoms with van der Waals surface area (Å²) in [4.78, 5) is 18.6. The smallest absolute Gasteiger partial charge is 0.301 e. The SMILES string of the molecule is CCN(OP(=O)(O)O)c1cccc(-c2ccccc2)c1-c1ccccc1. The van der Waals surface area contributed by atoms with Crippen LogP contribution in [0, 0.1) is 0 Å². The number of phosphoric acid groups is 1. The van der Waals surface area contributed by atoms with Crippen molar-refractivity contribution in [3.05, 3.63) is 78.9 Å². The van der Waals surface area contributed by atoms with Gasteiger partial charge in [-0.2, -0.15) is 4.62 Å². The van der Waals surface area contributed by atoms with Gasteiger partial charge in [0.2, 0.25) is 0 Å². The molecule has 0 aromatic heterocycles. The van der Waals surface area contributed by atoms with E-state index in [0.29, 0.717) is 5.69 Å².